The van der Waals surface area contributed by atoms with Gasteiger partial charge in [0, 0.05) is 67.6 Å². The monoisotopic (exact) mass is 482 g/mol. The topological polar surface area (TPSA) is 69.7 Å². The SMILES string of the molecule is CCOc1cc(OCCN2CCOCC2)cc2c1-c1c(OCCN3CCOCC3)cccc1C2=O. The second-order valence-electron chi connectivity index (χ2n) is 8.89. The number of morpholine rings is 2. The molecule has 2 aliphatic heterocycles. The summed E-state index contributed by atoms with van der Waals surface area (Å²) in [5.74, 6) is 2.00. The summed E-state index contributed by atoms with van der Waals surface area (Å²) >= 11 is 0. The van der Waals surface area contributed by atoms with E-state index in [1.54, 1.807) is 0 Å². The third-order valence-corrected chi connectivity index (χ3v) is 6.69. The summed E-state index contributed by atoms with van der Waals surface area (Å²) in [5.41, 5.74) is 2.87. The van der Waals surface area contributed by atoms with Gasteiger partial charge in [0.25, 0.3) is 0 Å². The van der Waals surface area contributed by atoms with Crippen LogP contribution in [0.15, 0.2) is 30.3 Å². The number of benzene rings is 2. The van der Waals surface area contributed by atoms with Crippen molar-refractivity contribution in [2.75, 3.05) is 85.5 Å². The zero-order valence-electron chi connectivity index (χ0n) is 20.4. The van der Waals surface area contributed by atoms with Crippen molar-refractivity contribution in [1.82, 2.24) is 9.80 Å². The average Bonchev–Trinajstić information content (AvgIpc) is 3.18. The number of hydrogen-bond donors (Lipinski definition) is 0. The van der Waals surface area contributed by atoms with Crippen LogP contribution in [-0.4, -0.2) is 101 Å². The fourth-order valence-corrected chi connectivity index (χ4v) is 4.85. The Morgan fingerprint density at radius 3 is 2.06 bits per heavy atom. The standard InChI is InChI=1S/C27H34N2O6/c1-2-33-24-19-20(34-16-10-28-6-12-31-13-7-28)18-22-26(24)25-21(27(22)30)4-3-5-23(25)35-17-11-29-8-14-32-15-9-29/h3-5,18-19H,2,6-17H2,1H3. The van der Waals surface area contributed by atoms with E-state index in [2.05, 4.69) is 9.80 Å². The molecule has 5 rings (SSSR count). The second-order valence-corrected chi connectivity index (χ2v) is 8.89. The molecule has 0 aromatic heterocycles. The van der Waals surface area contributed by atoms with E-state index in [0.29, 0.717) is 48.2 Å². The maximum atomic E-state index is 13.4. The highest BCUT2D eigenvalue weighted by Crippen LogP contribution is 2.49. The molecule has 0 unspecified atom stereocenters. The highest BCUT2D eigenvalue weighted by molar-refractivity contribution is 6.23. The lowest BCUT2D eigenvalue weighted by molar-refractivity contribution is 0.0321. The fraction of sp³-hybridized carbons (Fsp3) is 0.519. The van der Waals surface area contributed by atoms with Gasteiger partial charge in [-0.1, -0.05) is 12.1 Å². The van der Waals surface area contributed by atoms with Crippen molar-refractivity contribution < 1.29 is 28.5 Å². The lowest BCUT2D eigenvalue weighted by atomic mass is 10.0. The molecule has 0 saturated carbocycles. The van der Waals surface area contributed by atoms with Crippen LogP contribution in [0.2, 0.25) is 0 Å². The number of carbonyl (C=O) groups is 1. The molecule has 8 nitrogen and oxygen atoms in total. The molecule has 0 amide bonds. The van der Waals surface area contributed by atoms with Gasteiger partial charge in [0.05, 0.1) is 33.0 Å². The minimum Gasteiger partial charge on any atom is -0.493 e. The van der Waals surface area contributed by atoms with Crippen molar-refractivity contribution in [1.29, 1.82) is 0 Å². The molecular formula is C27H34N2O6. The number of fused-ring (bicyclic) bond motifs is 3. The average molecular weight is 483 g/mol. The number of carbonyl (C=O) groups excluding carboxylic acids is 1. The molecule has 0 N–H and O–H groups in total. The van der Waals surface area contributed by atoms with Crippen molar-refractivity contribution >= 4 is 5.78 Å². The van der Waals surface area contributed by atoms with Crippen LogP contribution in [-0.2, 0) is 9.47 Å². The molecule has 0 spiro atoms. The molecule has 3 aliphatic rings. The number of ether oxygens (including phenoxy) is 5. The van der Waals surface area contributed by atoms with Crippen LogP contribution in [0.1, 0.15) is 22.8 Å². The maximum Gasteiger partial charge on any atom is 0.194 e. The summed E-state index contributed by atoms with van der Waals surface area (Å²) in [4.78, 5) is 18.0. The normalized spacial score (nSPS) is 18.3. The molecule has 2 aromatic carbocycles. The molecule has 1 aliphatic carbocycles. The summed E-state index contributed by atoms with van der Waals surface area (Å²) in [5, 5.41) is 0. The molecule has 2 saturated heterocycles. The van der Waals surface area contributed by atoms with E-state index in [-0.39, 0.29) is 5.78 Å². The molecule has 2 heterocycles. The second kappa shape index (κ2) is 11.4. The third-order valence-electron chi connectivity index (χ3n) is 6.69. The van der Waals surface area contributed by atoms with Crippen LogP contribution in [0.25, 0.3) is 11.1 Å². The zero-order valence-corrected chi connectivity index (χ0v) is 20.4. The Hall–Kier alpha value is -2.65. The fourth-order valence-electron chi connectivity index (χ4n) is 4.85. The van der Waals surface area contributed by atoms with Gasteiger partial charge in [0.15, 0.2) is 5.78 Å². The summed E-state index contributed by atoms with van der Waals surface area (Å²) in [6, 6.07) is 9.42. The van der Waals surface area contributed by atoms with Gasteiger partial charge in [0.1, 0.15) is 30.5 Å². The lowest BCUT2D eigenvalue weighted by Crippen LogP contribution is -2.38. The number of hydrogen-bond acceptors (Lipinski definition) is 8. The van der Waals surface area contributed by atoms with Gasteiger partial charge in [0.2, 0.25) is 0 Å². The van der Waals surface area contributed by atoms with Gasteiger partial charge in [-0.2, -0.15) is 0 Å². The Balaban J connectivity index is 1.34. The van der Waals surface area contributed by atoms with Gasteiger partial charge in [-0.3, -0.25) is 14.6 Å². The van der Waals surface area contributed by atoms with Crippen LogP contribution < -0.4 is 14.2 Å². The van der Waals surface area contributed by atoms with E-state index < -0.39 is 0 Å². The minimum atomic E-state index is -0.0202. The molecule has 2 aromatic rings. The van der Waals surface area contributed by atoms with E-state index in [4.69, 9.17) is 23.7 Å². The third kappa shape index (κ3) is 5.46. The first kappa shape index (κ1) is 24.1. The molecule has 0 radical (unpaired) electrons. The van der Waals surface area contributed by atoms with Crippen molar-refractivity contribution in [2.45, 2.75) is 6.92 Å². The van der Waals surface area contributed by atoms with Gasteiger partial charge in [-0.15, -0.1) is 0 Å². The van der Waals surface area contributed by atoms with Crippen LogP contribution in [0.4, 0.5) is 0 Å². The molecule has 0 atom stereocenters. The van der Waals surface area contributed by atoms with E-state index >= 15 is 0 Å². The van der Waals surface area contributed by atoms with Gasteiger partial charge in [-0.05, 0) is 19.1 Å². The Morgan fingerprint density at radius 2 is 1.40 bits per heavy atom. The summed E-state index contributed by atoms with van der Waals surface area (Å²) in [6.07, 6.45) is 0. The predicted octanol–water partition coefficient (Wildman–Crippen LogP) is 2.72. The van der Waals surface area contributed by atoms with Gasteiger partial charge >= 0.3 is 0 Å². The smallest absolute Gasteiger partial charge is 0.194 e. The van der Waals surface area contributed by atoms with Crippen LogP contribution in [0.3, 0.4) is 0 Å². The maximum absolute atomic E-state index is 13.4. The summed E-state index contributed by atoms with van der Waals surface area (Å²) in [6.45, 7) is 11.9. The number of nitrogens with zero attached hydrogens (tertiary/aromatic N) is 2. The van der Waals surface area contributed by atoms with Gasteiger partial charge in [-0.25, -0.2) is 0 Å². The quantitative estimate of drug-likeness (QED) is 0.437. The summed E-state index contributed by atoms with van der Waals surface area (Å²) in [7, 11) is 0. The number of rotatable bonds is 10. The summed E-state index contributed by atoms with van der Waals surface area (Å²) < 4.78 is 29.1. The van der Waals surface area contributed by atoms with Crippen molar-refractivity contribution in [3.8, 4) is 28.4 Å². The van der Waals surface area contributed by atoms with E-state index in [9.17, 15) is 4.79 Å². The Morgan fingerprint density at radius 1 is 0.771 bits per heavy atom. The van der Waals surface area contributed by atoms with E-state index in [1.807, 2.05) is 37.3 Å². The largest absolute Gasteiger partial charge is 0.493 e. The Bertz CT molecular complexity index is 1030. The van der Waals surface area contributed by atoms with Gasteiger partial charge < -0.3 is 23.7 Å². The van der Waals surface area contributed by atoms with Crippen molar-refractivity contribution in [3.05, 3.63) is 41.5 Å². The van der Waals surface area contributed by atoms with Crippen LogP contribution in [0, 0.1) is 0 Å². The van der Waals surface area contributed by atoms with E-state index in [0.717, 1.165) is 76.8 Å². The molecule has 35 heavy (non-hydrogen) atoms. The Labute approximate surface area is 206 Å². The lowest BCUT2D eigenvalue weighted by Gasteiger charge is -2.26. The Kier molecular flexibility index (Phi) is 7.83. The highest BCUT2D eigenvalue weighted by atomic mass is 16.5. The minimum absolute atomic E-state index is 0.0202. The van der Waals surface area contributed by atoms with Crippen molar-refractivity contribution in [2.24, 2.45) is 0 Å². The molecule has 188 valence electrons. The first-order valence-electron chi connectivity index (χ1n) is 12.6. The van der Waals surface area contributed by atoms with Crippen LogP contribution in [0.5, 0.6) is 17.2 Å². The highest BCUT2D eigenvalue weighted by Gasteiger charge is 2.33. The molecular weight excluding hydrogens is 448 g/mol. The van der Waals surface area contributed by atoms with Crippen molar-refractivity contribution in [3.63, 3.8) is 0 Å². The molecule has 8 heteroatoms. The first-order chi connectivity index (χ1) is 17.2. The molecule has 2 fully saturated rings. The number of ketones is 1. The predicted molar refractivity (Wildman–Crippen MR) is 132 cm³/mol. The molecule has 0 bridgehead atoms. The van der Waals surface area contributed by atoms with Crippen LogP contribution >= 0.6 is 0 Å². The zero-order chi connectivity index (χ0) is 24.0. The van der Waals surface area contributed by atoms with E-state index in [1.165, 1.54) is 0 Å². The first-order valence-corrected chi connectivity index (χ1v) is 12.6.